The van der Waals surface area contributed by atoms with E-state index in [4.69, 9.17) is 9.05 Å². The summed E-state index contributed by atoms with van der Waals surface area (Å²) in [6.07, 6.45) is 12.4. The third-order valence-corrected chi connectivity index (χ3v) is 4.86. The van der Waals surface area contributed by atoms with Crippen molar-refractivity contribution >= 4 is 8.17 Å². The van der Waals surface area contributed by atoms with E-state index in [1.165, 1.54) is 51.4 Å². The molecule has 1 rings (SSSR count). The summed E-state index contributed by atoms with van der Waals surface area (Å²) in [5.74, 6) is 0.423. The Hall–Kier alpha value is -0.670. The van der Waals surface area contributed by atoms with Crippen LogP contribution in [0.4, 0.5) is 0 Å². The maximum atomic E-state index is 9.76. The zero-order valence-corrected chi connectivity index (χ0v) is 15.4. The minimum atomic E-state index is -4.04. The first-order valence-corrected chi connectivity index (χ1v) is 10.7. The third-order valence-electron chi connectivity index (χ3n) is 3.78. The Kier molecular flexibility index (Phi) is 11.3. The predicted octanol–water partition coefficient (Wildman–Crippen LogP) is 5.40. The van der Waals surface area contributed by atoms with Crippen molar-refractivity contribution < 1.29 is 18.8 Å². The van der Waals surface area contributed by atoms with E-state index < -0.39 is 8.17 Å². The molecule has 0 bridgehead atoms. The topological polar surface area (TPSA) is 58.9 Å². The number of hydrogen-bond donors (Lipinski definition) is 2. The quantitative estimate of drug-likeness (QED) is 0.350. The maximum absolute atomic E-state index is 9.76. The van der Waals surface area contributed by atoms with Gasteiger partial charge in [0, 0.05) is 0 Å². The SMILES string of the molecule is CCCCCCCCCCCCO[PH](O)(O)Oc1ccccc1. The predicted molar refractivity (Wildman–Crippen MR) is 97.6 cm³/mol. The Balaban J connectivity index is 1.95. The minimum absolute atomic E-state index is 0.336. The van der Waals surface area contributed by atoms with Crippen LogP contribution in [-0.2, 0) is 4.52 Å². The molecule has 1 aromatic rings. The number of rotatable bonds is 14. The van der Waals surface area contributed by atoms with E-state index >= 15 is 0 Å². The van der Waals surface area contributed by atoms with Gasteiger partial charge >= 0.3 is 134 Å². The van der Waals surface area contributed by atoms with Gasteiger partial charge in [-0.05, 0) is 0 Å². The van der Waals surface area contributed by atoms with Gasteiger partial charge in [-0.1, -0.05) is 6.92 Å². The summed E-state index contributed by atoms with van der Waals surface area (Å²) in [6.45, 7) is 2.58. The molecule has 0 heterocycles. The van der Waals surface area contributed by atoms with Gasteiger partial charge in [0.25, 0.3) is 0 Å². The van der Waals surface area contributed by atoms with Crippen LogP contribution in [0.15, 0.2) is 30.3 Å². The van der Waals surface area contributed by atoms with Crippen molar-refractivity contribution in [1.82, 2.24) is 0 Å². The van der Waals surface area contributed by atoms with E-state index in [0.717, 1.165) is 12.8 Å². The van der Waals surface area contributed by atoms with Gasteiger partial charge in [-0.25, -0.2) is 0 Å². The van der Waals surface area contributed by atoms with Crippen LogP contribution < -0.4 is 4.52 Å². The monoisotopic (exact) mass is 344 g/mol. The average Bonchev–Trinajstić information content (AvgIpc) is 2.53. The normalized spacial score (nSPS) is 12.3. The molecule has 0 fully saturated rings. The van der Waals surface area contributed by atoms with Crippen LogP contribution in [0.2, 0.25) is 0 Å². The molecule has 0 amide bonds. The first-order valence-electron chi connectivity index (χ1n) is 8.97. The van der Waals surface area contributed by atoms with Gasteiger partial charge in [-0.3, -0.25) is 0 Å². The Morgan fingerprint density at radius 1 is 0.783 bits per heavy atom. The van der Waals surface area contributed by atoms with Crippen molar-refractivity contribution in [1.29, 1.82) is 0 Å². The summed E-state index contributed by atoms with van der Waals surface area (Å²) in [4.78, 5) is 19.5. The van der Waals surface area contributed by atoms with Crippen LogP contribution in [0, 0.1) is 0 Å². The second-order valence-corrected chi connectivity index (χ2v) is 7.58. The van der Waals surface area contributed by atoms with Crippen molar-refractivity contribution in [3.05, 3.63) is 30.3 Å². The molecule has 0 radical (unpaired) electrons. The molecule has 0 unspecified atom stereocenters. The van der Waals surface area contributed by atoms with Gasteiger partial charge in [0.15, 0.2) is 0 Å². The van der Waals surface area contributed by atoms with Crippen LogP contribution in [0.5, 0.6) is 5.75 Å². The Morgan fingerprint density at radius 2 is 1.30 bits per heavy atom. The summed E-state index contributed by atoms with van der Waals surface area (Å²) in [6, 6.07) is 8.76. The van der Waals surface area contributed by atoms with Gasteiger partial charge in [-0.2, -0.15) is 0 Å². The van der Waals surface area contributed by atoms with E-state index in [1.54, 1.807) is 24.3 Å². The first-order chi connectivity index (χ1) is 11.1. The molecule has 5 heteroatoms. The zero-order valence-electron chi connectivity index (χ0n) is 14.4. The average molecular weight is 344 g/mol. The van der Waals surface area contributed by atoms with Crippen LogP contribution >= 0.6 is 8.17 Å². The number of para-hydroxylation sites is 1. The molecular formula is C18H33O4P. The Morgan fingerprint density at radius 3 is 1.87 bits per heavy atom. The molecule has 0 aliphatic heterocycles. The molecule has 0 spiro atoms. The van der Waals surface area contributed by atoms with Gasteiger partial charge in [-0.15, -0.1) is 0 Å². The van der Waals surface area contributed by atoms with Gasteiger partial charge < -0.3 is 0 Å². The van der Waals surface area contributed by atoms with Crippen molar-refractivity contribution in [2.75, 3.05) is 6.61 Å². The summed E-state index contributed by atoms with van der Waals surface area (Å²) >= 11 is 0. The van der Waals surface area contributed by atoms with Crippen molar-refractivity contribution in [2.45, 2.75) is 71.1 Å². The fraction of sp³-hybridized carbons (Fsp3) is 0.667. The molecule has 0 aromatic heterocycles. The molecule has 2 N–H and O–H groups in total. The number of hydrogen-bond acceptors (Lipinski definition) is 4. The fourth-order valence-electron chi connectivity index (χ4n) is 2.47. The second kappa shape index (κ2) is 12.7. The molecule has 0 saturated heterocycles. The Bertz CT molecular complexity index is 384. The summed E-state index contributed by atoms with van der Waals surface area (Å²) < 4.78 is 10.3. The van der Waals surface area contributed by atoms with E-state index in [9.17, 15) is 9.79 Å². The van der Waals surface area contributed by atoms with E-state index in [1.807, 2.05) is 6.07 Å². The van der Waals surface area contributed by atoms with Crippen LogP contribution in [-0.4, -0.2) is 16.4 Å². The summed E-state index contributed by atoms with van der Waals surface area (Å²) in [7, 11) is -4.04. The molecule has 0 saturated carbocycles. The number of benzene rings is 1. The molecule has 1 aromatic carbocycles. The standard InChI is InChI=1S/C18H33O4P/c1-2-3-4-5-6-7-8-9-10-14-17-21-23(19,20)22-18-15-12-11-13-16-18/h11-13,15-16,19-20,23H,2-10,14,17H2,1H3. The van der Waals surface area contributed by atoms with Crippen molar-refractivity contribution in [3.8, 4) is 5.75 Å². The molecule has 23 heavy (non-hydrogen) atoms. The number of unbranched alkanes of at least 4 members (excludes halogenated alkanes) is 9. The second-order valence-electron chi connectivity index (χ2n) is 5.99. The molecule has 4 nitrogen and oxygen atoms in total. The molecule has 0 atom stereocenters. The fourth-order valence-corrected chi connectivity index (χ4v) is 3.38. The Labute approximate surface area is 141 Å². The summed E-state index contributed by atoms with van der Waals surface area (Å²) in [5.41, 5.74) is 0. The molecular weight excluding hydrogens is 311 g/mol. The first kappa shape index (κ1) is 20.4. The van der Waals surface area contributed by atoms with Crippen molar-refractivity contribution in [2.24, 2.45) is 0 Å². The van der Waals surface area contributed by atoms with Crippen LogP contribution in [0.25, 0.3) is 0 Å². The summed E-state index contributed by atoms with van der Waals surface area (Å²) in [5, 5.41) is 0. The van der Waals surface area contributed by atoms with Gasteiger partial charge in [0.2, 0.25) is 0 Å². The van der Waals surface area contributed by atoms with Crippen molar-refractivity contribution in [3.63, 3.8) is 0 Å². The van der Waals surface area contributed by atoms with Crippen LogP contribution in [0.1, 0.15) is 71.1 Å². The molecule has 134 valence electrons. The van der Waals surface area contributed by atoms with Gasteiger partial charge in [0.05, 0.1) is 0 Å². The van der Waals surface area contributed by atoms with E-state index in [-0.39, 0.29) is 0 Å². The van der Waals surface area contributed by atoms with Crippen LogP contribution in [0.3, 0.4) is 0 Å². The van der Waals surface area contributed by atoms with E-state index in [2.05, 4.69) is 6.92 Å². The molecule has 0 aliphatic carbocycles. The van der Waals surface area contributed by atoms with E-state index in [0.29, 0.717) is 12.4 Å². The third kappa shape index (κ3) is 11.5. The van der Waals surface area contributed by atoms with Gasteiger partial charge in [0.1, 0.15) is 0 Å². The molecule has 0 aliphatic rings. The zero-order chi connectivity index (χ0) is 16.8.